The van der Waals surface area contributed by atoms with Gasteiger partial charge in [-0.1, -0.05) is 49.4 Å². The number of nitrogens with one attached hydrogen (secondary N) is 2. The average Bonchev–Trinajstić information content (AvgIpc) is 2.89. The Balaban J connectivity index is 2.10. The van der Waals surface area contributed by atoms with Crippen LogP contribution < -0.4 is 15.4 Å². The first-order valence-corrected chi connectivity index (χ1v) is 7.59. The van der Waals surface area contributed by atoms with E-state index in [0.717, 1.165) is 6.42 Å². The Labute approximate surface area is 134 Å². The second kappa shape index (κ2) is 6.12. The summed E-state index contributed by atoms with van der Waals surface area (Å²) in [6, 6.07) is 16.0. The molecular weight excluding hydrogens is 292 g/mol. The molecule has 1 fully saturated rings. The van der Waals surface area contributed by atoms with Crippen molar-refractivity contribution in [3.63, 3.8) is 0 Å². The van der Waals surface area contributed by atoms with Crippen LogP contribution in [0.2, 0.25) is 0 Å². The van der Waals surface area contributed by atoms with Crippen LogP contribution >= 0.6 is 0 Å². The van der Waals surface area contributed by atoms with Crippen LogP contribution in [0.1, 0.15) is 24.5 Å². The molecule has 0 radical (unpaired) electrons. The van der Waals surface area contributed by atoms with Gasteiger partial charge in [0.05, 0.1) is 6.61 Å². The van der Waals surface area contributed by atoms with Gasteiger partial charge in [-0.05, 0) is 29.7 Å². The van der Waals surface area contributed by atoms with Crippen molar-refractivity contribution >= 4 is 11.9 Å². The third kappa shape index (κ3) is 2.65. The molecule has 0 bridgehead atoms. The summed E-state index contributed by atoms with van der Waals surface area (Å²) in [6.07, 6.45) is 0.894. The molecule has 0 aliphatic carbocycles. The second-order valence-electron chi connectivity index (χ2n) is 5.40. The fourth-order valence-electron chi connectivity index (χ4n) is 2.76. The number of hydrogen-bond acceptors (Lipinski definition) is 3. The van der Waals surface area contributed by atoms with Crippen molar-refractivity contribution in [2.45, 2.75) is 18.9 Å². The molecule has 1 aliphatic rings. The summed E-state index contributed by atoms with van der Waals surface area (Å²) in [5.74, 6) is 0.287. The molecule has 1 atom stereocenters. The van der Waals surface area contributed by atoms with E-state index in [0.29, 0.717) is 23.5 Å². The van der Waals surface area contributed by atoms with Crippen molar-refractivity contribution in [2.75, 3.05) is 6.61 Å². The fourth-order valence-corrected chi connectivity index (χ4v) is 2.76. The van der Waals surface area contributed by atoms with E-state index in [2.05, 4.69) is 10.6 Å². The minimum atomic E-state index is -1.23. The Morgan fingerprint density at radius 2 is 1.74 bits per heavy atom. The van der Waals surface area contributed by atoms with Crippen LogP contribution in [-0.4, -0.2) is 18.5 Å². The van der Waals surface area contributed by atoms with Gasteiger partial charge in [0.1, 0.15) is 5.75 Å². The number of rotatable bonds is 5. The number of ether oxygens (including phenoxy) is 1. The maximum atomic E-state index is 12.6. The molecule has 3 rings (SSSR count). The van der Waals surface area contributed by atoms with E-state index in [1.165, 1.54) is 0 Å². The molecule has 3 amide bonds. The summed E-state index contributed by atoms with van der Waals surface area (Å²) in [4.78, 5) is 24.4. The number of benzene rings is 2. The Bertz CT molecular complexity index is 730. The van der Waals surface area contributed by atoms with Crippen LogP contribution in [-0.2, 0) is 10.3 Å². The molecule has 0 aromatic heterocycles. The van der Waals surface area contributed by atoms with E-state index in [1.54, 1.807) is 6.07 Å². The van der Waals surface area contributed by atoms with E-state index >= 15 is 0 Å². The van der Waals surface area contributed by atoms with Gasteiger partial charge in [0.25, 0.3) is 5.91 Å². The van der Waals surface area contributed by atoms with Crippen molar-refractivity contribution in [2.24, 2.45) is 0 Å². The first-order valence-electron chi connectivity index (χ1n) is 7.59. The predicted octanol–water partition coefficient (Wildman–Crippen LogP) is 2.56. The molecule has 2 N–H and O–H groups in total. The summed E-state index contributed by atoms with van der Waals surface area (Å²) >= 11 is 0. The molecule has 0 saturated carbocycles. The number of carbonyl (C=O) groups is 2. The lowest BCUT2D eigenvalue weighted by molar-refractivity contribution is -0.122. The molecule has 1 heterocycles. The smallest absolute Gasteiger partial charge is 0.322 e. The molecule has 2 aromatic carbocycles. The summed E-state index contributed by atoms with van der Waals surface area (Å²) < 4.78 is 5.65. The highest BCUT2D eigenvalue weighted by molar-refractivity contribution is 6.09. The topological polar surface area (TPSA) is 67.4 Å². The third-order valence-electron chi connectivity index (χ3n) is 3.82. The van der Waals surface area contributed by atoms with Gasteiger partial charge in [-0.2, -0.15) is 0 Å². The van der Waals surface area contributed by atoms with Gasteiger partial charge >= 0.3 is 6.03 Å². The normalized spacial score (nSPS) is 20.0. The minimum Gasteiger partial charge on any atom is -0.494 e. The van der Waals surface area contributed by atoms with Crippen molar-refractivity contribution in [1.82, 2.24) is 10.6 Å². The molecule has 0 spiro atoms. The van der Waals surface area contributed by atoms with Crippen molar-refractivity contribution in [1.29, 1.82) is 0 Å². The molecule has 23 heavy (non-hydrogen) atoms. The van der Waals surface area contributed by atoms with Gasteiger partial charge in [-0.25, -0.2) is 4.79 Å². The summed E-state index contributed by atoms with van der Waals surface area (Å²) in [5.41, 5.74) is 0.140. The quantitative estimate of drug-likeness (QED) is 0.834. The SMILES string of the molecule is CCCOc1cccc(C2(c3ccccc3)NC(=O)NC2=O)c1. The standard InChI is InChI=1S/C18H18N2O3/c1-2-11-23-15-10-6-9-14(12-15)18(13-7-4-3-5-8-13)16(21)19-17(22)20-18/h3-10,12H,2,11H2,1H3,(H2,19,20,21,22). The van der Waals surface area contributed by atoms with E-state index < -0.39 is 11.6 Å². The first-order chi connectivity index (χ1) is 11.2. The van der Waals surface area contributed by atoms with Crippen LogP contribution in [0.4, 0.5) is 4.79 Å². The number of hydrogen-bond donors (Lipinski definition) is 2. The van der Waals surface area contributed by atoms with Gasteiger partial charge in [0.2, 0.25) is 0 Å². The lowest BCUT2D eigenvalue weighted by Gasteiger charge is -2.27. The Morgan fingerprint density at radius 3 is 2.39 bits per heavy atom. The van der Waals surface area contributed by atoms with Gasteiger partial charge in [0, 0.05) is 0 Å². The van der Waals surface area contributed by atoms with Crippen LogP contribution in [0.5, 0.6) is 5.75 Å². The average molecular weight is 310 g/mol. The van der Waals surface area contributed by atoms with Crippen molar-refractivity contribution in [3.8, 4) is 5.75 Å². The molecule has 2 aromatic rings. The third-order valence-corrected chi connectivity index (χ3v) is 3.82. The predicted molar refractivity (Wildman–Crippen MR) is 86.1 cm³/mol. The highest BCUT2D eigenvalue weighted by atomic mass is 16.5. The largest absolute Gasteiger partial charge is 0.494 e. The summed E-state index contributed by atoms with van der Waals surface area (Å²) in [6.45, 7) is 2.63. The molecule has 118 valence electrons. The highest BCUT2D eigenvalue weighted by Gasteiger charge is 2.49. The Morgan fingerprint density at radius 1 is 1.00 bits per heavy atom. The second-order valence-corrected chi connectivity index (χ2v) is 5.40. The molecule has 5 nitrogen and oxygen atoms in total. The summed E-state index contributed by atoms with van der Waals surface area (Å²) in [7, 11) is 0. The minimum absolute atomic E-state index is 0.388. The lowest BCUT2D eigenvalue weighted by atomic mass is 9.83. The molecule has 1 saturated heterocycles. The molecule has 1 aliphatic heterocycles. The molecule has 5 heteroatoms. The van der Waals surface area contributed by atoms with Crippen molar-refractivity contribution in [3.05, 3.63) is 65.7 Å². The lowest BCUT2D eigenvalue weighted by Crippen LogP contribution is -2.44. The Kier molecular flexibility index (Phi) is 4.02. The van der Waals surface area contributed by atoms with Gasteiger partial charge in [0.15, 0.2) is 5.54 Å². The molecular formula is C18H18N2O3. The monoisotopic (exact) mass is 310 g/mol. The maximum absolute atomic E-state index is 12.6. The zero-order valence-electron chi connectivity index (χ0n) is 12.8. The Hall–Kier alpha value is -2.82. The van der Waals surface area contributed by atoms with Gasteiger partial charge in [-0.3, -0.25) is 10.1 Å². The molecule has 1 unspecified atom stereocenters. The first kappa shape index (κ1) is 15.1. The number of urea groups is 1. The van der Waals surface area contributed by atoms with E-state index in [4.69, 9.17) is 4.74 Å². The van der Waals surface area contributed by atoms with E-state index in [-0.39, 0.29) is 5.91 Å². The van der Waals surface area contributed by atoms with Gasteiger partial charge < -0.3 is 10.1 Å². The van der Waals surface area contributed by atoms with Crippen LogP contribution in [0.3, 0.4) is 0 Å². The number of carbonyl (C=O) groups excluding carboxylic acids is 2. The van der Waals surface area contributed by atoms with E-state index in [9.17, 15) is 9.59 Å². The fraction of sp³-hybridized carbons (Fsp3) is 0.222. The van der Waals surface area contributed by atoms with Crippen molar-refractivity contribution < 1.29 is 14.3 Å². The zero-order valence-corrected chi connectivity index (χ0v) is 12.8. The highest BCUT2D eigenvalue weighted by Crippen LogP contribution is 2.34. The number of amides is 3. The van der Waals surface area contributed by atoms with Gasteiger partial charge in [-0.15, -0.1) is 0 Å². The summed E-state index contributed by atoms with van der Waals surface area (Å²) in [5, 5.41) is 5.12. The van der Waals surface area contributed by atoms with Crippen LogP contribution in [0.25, 0.3) is 0 Å². The van der Waals surface area contributed by atoms with Crippen LogP contribution in [0, 0.1) is 0 Å². The zero-order chi connectivity index (χ0) is 16.3. The number of imide groups is 1. The van der Waals surface area contributed by atoms with E-state index in [1.807, 2.05) is 55.5 Å². The maximum Gasteiger partial charge on any atom is 0.322 e. The van der Waals surface area contributed by atoms with Crippen LogP contribution in [0.15, 0.2) is 54.6 Å².